The Labute approximate surface area is 216 Å². The zero-order chi connectivity index (χ0) is 22.8. The highest BCUT2D eigenvalue weighted by molar-refractivity contribution is 14.0. The summed E-state index contributed by atoms with van der Waals surface area (Å²) >= 11 is 0. The number of aromatic nitrogens is 3. The van der Waals surface area contributed by atoms with Gasteiger partial charge in [0.2, 0.25) is 0 Å². The molecule has 1 fully saturated rings. The Morgan fingerprint density at radius 2 is 2.03 bits per heavy atom. The largest absolute Gasteiger partial charge is 0.493 e. The fraction of sp³-hybridized carbons (Fsp3) is 0.400. The molecule has 5 rings (SSSR count). The monoisotopic (exact) mass is 576 g/mol. The van der Waals surface area contributed by atoms with Crippen LogP contribution in [0.2, 0.25) is 0 Å². The molecule has 1 aliphatic heterocycles. The summed E-state index contributed by atoms with van der Waals surface area (Å²) in [6.07, 6.45) is 2.90. The Bertz CT molecular complexity index is 1180. The highest BCUT2D eigenvalue weighted by Gasteiger charge is 2.44. The van der Waals surface area contributed by atoms with Crippen LogP contribution in [0.3, 0.4) is 0 Å². The normalized spacial score (nSPS) is 18.3. The lowest BCUT2D eigenvalue weighted by atomic mass is 9.96. The molecule has 2 aromatic carbocycles. The van der Waals surface area contributed by atoms with Crippen molar-refractivity contribution in [2.45, 2.75) is 44.2 Å². The van der Waals surface area contributed by atoms with E-state index < -0.39 is 0 Å². The van der Waals surface area contributed by atoms with Crippen molar-refractivity contribution in [3.8, 4) is 5.75 Å². The molecule has 1 atom stereocenters. The number of nitrogens with one attached hydrogen (secondary N) is 2. The number of ether oxygens (including phenoxy) is 1. The van der Waals surface area contributed by atoms with Gasteiger partial charge < -0.3 is 19.9 Å². The van der Waals surface area contributed by atoms with Gasteiger partial charge in [0.25, 0.3) is 0 Å². The molecule has 0 spiro atoms. The molecule has 2 N–H and O–H groups in total. The van der Waals surface area contributed by atoms with Gasteiger partial charge in [-0.2, -0.15) is 0 Å². The summed E-state index contributed by atoms with van der Waals surface area (Å²) in [6, 6.07) is 15.1. The third-order valence-corrected chi connectivity index (χ3v) is 6.72. The molecule has 7 nitrogen and oxygen atoms in total. The van der Waals surface area contributed by atoms with Crippen molar-refractivity contribution in [1.29, 1.82) is 0 Å². The number of aryl methyl sites for hydroxylation is 1. The van der Waals surface area contributed by atoms with Crippen molar-refractivity contribution in [2.24, 2.45) is 12.0 Å². The number of rotatable bonds is 6. The van der Waals surface area contributed by atoms with Gasteiger partial charge in [-0.05, 0) is 43.5 Å². The maximum absolute atomic E-state index is 13.8. The number of nitrogens with zero attached hydrogens (tertiary/aromatic N) is 4. The Morgan fingerprint density at radius 1 is 1.21 bits per heavy atom. The second-order valence-electron chi connectivity index (χ2n) is 8.90. The van der Waals surface area contributed by atoms with Crippen LogP contribution >= 0.6 is 24.0 Å². The summed E-state index contributed by atoms with van der Waals surface area (Å²) in [6.45, 7) is 3.67. The molecule has 180 valence electrons. The summed E-state index contributed by atoms with van der Waals surface area (Å²) in [5.41, 5.74) is 2.10. The quantitative estimate of drug-likeness (QED) is 0.262. The fourth-order valence-corrected chi connectivity index (χ4v) is 4.34. The standard InChI is InChI=1S/C25H29FN6O.HI/c1-17-30-31-23(32(17)2)15-27-24(29-21-10-13-33-22-9-4-3-8-20(21)22)28-16-25(11-12-25)18-6-5-7-19(26)14-18;/h3-9,14,21H,10-13,15-16H2,1-2H3,(H2,27,28,29);1H. The van der Waals surface area contributed by atoms with E-state index in [1.807, 2.05) is 42.8 Å². The fourth-order valence-electron chi connectivity index (χ4n) is 4.34. The van der Waals surface area contributed by atoms with Crippen LogP contribution in [0.4, 0.5) is 4.39 Å². The van der Waals surface area contributed by atoms with Crippen LogP contribution in [-0.4, -0.2) is 33.9 Å². The molecule has 0 amide bonds. The van der Waals surface area contributed by atoms with Crippen molar-refractivity contribution in [3.05, 3.63) is 77.1 Å². The van der Waals surface area contributed by atoms with Crippen LogP contribution in [0.1, 0.15) is 48.1 Å². The first-order valence-electron chi connectivity index (χ1n) is 11.4. The van der Waals surface area contributed by atoms with Gasteiger partial charge in [0, 0.05) is 31.0 Å². The van der Waals surface area contributed by atoms with Crippen LogP contribution in [0.25, 0.3) is 0 Å². The Hall–Kier alpha value is -2.69. The number of hydrogen-bond acceptors (Lipinski definition) is 4. The van der Waals surface area contributed by atoms with E-state index >= 15 is 0 Å². The molecule has 3 aromatic rings. The number of guanidine groups is 1. The molecule has 0 saturated heterocycles. The van der Waals surface area contributed by atoms with Crippen LogP contribution in [0, 0.1) is 12.7 Å². The molecule has 0 radical (unpaired) electrons. The predicted octanol–water partition coefficient (Wildman–Crippen LogP) is 4.17. The van der Waals surface area contributed by atoms with Crippen LogP contribution in [-0.2, 0) is 19.0 Å². The Balaban J connectivity index is 0.00000274. The van der Waals surface area contributed by atoms with E-state index in [9.17, 15) is 4.39 Å². The molecule has 1 unspecified atom stereocenters. The lowest BCUT2D eigenvalue weighted by Gasteiger charge is -2.29. The zero-order valence-corrected chi connectivity index (χ0v) is 21.8. The molecule has 2 heterocycles. The average molecular weight is 576 g/mol. The van der Waals surface area contributed by atoms with Crippen LogP contribution in [0.15, 0.2) is 53.5 Å². The van der Waals surface area contributed by atoms with Crippen molar-refractivity contribution in [2.75, 3.05) is 13.2 Å². The van der Waals surface area contributed by atoms with Crippen LogP contribution < -0.4 is 15.4 Å². The second kappa shape index (κ2) is 10.3. The van der Waals surface area contributed by atoms with Crippen molar-refractivity contribution < 1.29 is 9.13 Å². The van der Waals surface area contributed by atoms with Gasteiger partial charge in [0.15, 0.2) is 11.8 Å². The van der Waals surface area contributed by atoms with Crippen molar-refractivity contribution in [1.82, 2.24) is 25.4 Å². The number of halogens is 2. The molecule has 1 saturated carbocycles. The Kier molecular flexibility index (Phi) is 7.39. The first kappa shape index (κ1) is 24.4. The molecule has 1 aromatic heterocycles. The van der Waals surface area contributed by atoms with Crippen molar-refractivity contribution >= 4 is 29.9 Å². The predicted molar refractivity (Wildman–Crippen MR) is 140 cm³/mol. The molecular weight excluding hydrogens is 546 g/mol. The first-order chi connectivity index (χ1) is 16.0. The average Bonchev–Trinajstić information content (AvgIpc) is 3.56. The van der Waals surface area contributed by atoms with Crippen molar-refractivity contribution in [3.63, 3.8) is 0 Å². The lowest BCUT2D eigenvalue weighted by molar-refractivity contribution is 0.261. The summed E-state index contributed by atoms with van der Waals surface area (Å²) in [5, 5.41) is 15.5. The molecule has 1 aliphatic carbocycles. The number of benzene rings is 2. The maximum atomic E-state index is 13.8. The van der Waals surface area contributed by atoms with Gasteiger partial charge in [0.1, 0.15) is 23.9 Å². The summed E-state index contributed by atoms with van der Waals surface area (Å²) in [5.74, 6) is 3.07. The van der Waals surface area contributed by atoms with Gasteiger partial charge in [0.05, 0.1) is 12.6 Å². The minimum absolute atomic E-state index is 0. The minimum atomic E-state index is -0.192. The highest BCUT2D eigenvalue weighted by Crippen LogP contribution is 2.47. The third-order valence-electron chi connectivity index (χ3n) is 6.72. The number of aliphatic imine (C=N–C) groups is 1. The minimum Gasteiger partial charge on any atom is -0.493 e. The van der Waals surface area contributed by atoms with Gasteiger partial charge in [-0.1, -0.05) is 30.3 Å². The number of hydrogen-bond donors (Lipinski definition) is 2. The van der Waals surface area contributed by atoms with E-state index in [-0.39, 0.29) is 41.3 Å². The third kappa shape index (κ3) is 5.18. The smallest absolute Gasteiger partial charge is 0.192 e. The topological polar surface area (TPSA) is 76.4 Å². The van der Waals surface area contributed by atoms with Gasteiger partial charge in [-0.3, -0.25) is 0 Å². The molecule has 2 aliphatic rings. The number of para-hydroxylation sites is 1. The second-order valence-corrected chi connectivity index (χ2v) is 8.90. The summed E-state index contributed by atoms with van der Waals surface area (Å²) in [7, 11) is 1.94. The summed E-state index contributed by atoms with van der Waals surface area (Å²) in [4.78, 5) is 4.83. The molecule has 34 heavy (non-hydrogen) atoms. The van der Waals surface area contributed by atoms with E-state index in [0.29, 0.717) is 25.7 Å². The van der Waals surface area contributed by atoms with E-state index in [4.69, 9.17) is 9.73 Å². The number of fused-ring (bicyclic) bond motifs is 1. The van der Waals surface area contributed by atoms with Gasteiger partial charge >= 0.3 is 0 Å². The SMILES string of the molecule is Cc1nnc(CN=C(NCC2(c3cccc(F)c3)CC2)NC2CCOc3ccccc32)n1C.I. The molecule has 0 bridgehead atoms. The summed E-state index contributed by atoms with van der Waals surface area (Å²) < 4.78 is 21.6. The zero-order valence-electron chi connectivity index (χ0n) is 19.4. The first-order valence-corrected chi connectivity index (χ1v) is 11.4. The Morgan fingerprint density at radius 3 is 2.76 bits per heavy atom. The highest BCUT2D eigenvalue weighted by atomic mass is 127. The van der Waals surface area contributed by atoms with E-state index in [1.165, 1.54) is 6.07 Å². The lowest BCUT2D eigenvalue weighted by Crippen LogP contribution is -2.44. The maximum Gasteiger partial charge on any atom is 0.192 e. The van der Waals surface area contributed by atoms with E-state index in [0.717, 1.165) is 47.8 Å². The van der Waals surface area contributed by atoms with Gasteiger partial charge in [-0.25, -0.2) is 9.38 Å². The van der Waals surface area contributed by atoms with Crippen LogP contribution in [0.5, 0.6) is 5.75 Å². The molecule has 9 heteroatoms. The van der Waals surface area contributed by atoms with E-state index in [1.54, 1.807) is 12.1 Å². The van der Waals surface area contributed by atoms with E-state index in [2.05, 4.69) is 26.9 Å². The molecular formula is C25H30FIN6O. The van der Waals surface area contributed by atoms with Gasteiger partial charge in [-0.15, -0.1) is 34.2 Å².